The molecule has 0 heterocycles. The number of rotatable bonds is 10. The normalized spacial score (nSPS) is 12.9. The van der Waals surface area contributed by atoms with Crippen molar-refractivity contribution in [3.05, 3.63) is 35.1 Å². The third-order valence-electron chi connectivity index (χ3n) is 3.43. The molecule has 0 aliphatic heterocycles. The molecular weight excluding hydrogens is 265 g/mol. The minimum atomic E-state index is -0.175. The van der Waals surface area contributed by atoms with Gasteiger partial charge in [0.05, 0.1) is 6.61 Å². The molecule has 2 nitrogen and oxygen atoms in total. The van der Waals surface area contributed by atoms with E-state index in [2.05, 4.69) is 33.0 Å². The van der Waals surface area contributed by atoms with E-state index >= 15 is 0 Å². The van der Waals surface area contributed by atoms with E-state index in [1.807, 2.05) is 12.1 Å². The summed E-state index contributed by atoms with van der Waals surface area (Å²) in [5, 5.41) is 3.38. The highest BCUT2D eigenvalue weighted by molar-refractivity contribution is 5.24. The van der Waals surface area contributed by atoms with Crippen LogP contribution in [0.3, 0.4) is 0 Å². The maximum absolute atomic E-state index is 13.8. The summed E-state index contributed by atoms with van der Waals surface area (Å²) < 4.78 is 19.4. The minimum absolute atomic E-state index is 0.175. The third-order valence-corrected chi connectivity index (χ3v) is 3.43. The summed E-state index contributed by atoms with van der Waals surface area (Å²) in [5.74, 6) is 0.980. The van der Waals surface area contributed by atoms with Gasteiger partial charge in [-0.1, -0.05) is 40.2 Å². The molecule has 0 radical (unpaired) electrons. The van der Waals surface area contributed by atoms with E-state index in [0.29, 0.717) is 30.6 Å². The lowest BCUT2D eigenvalue weighted by Gasteiger charge is -2.12. The number of hydrogen-bond donors (Lipinski definition) is 1. The molecule has 0 saturated carbocycles. The molecule has 0 bridgehead atoms. The van der Waals surface area contributed by atoms with E-state index in [1.165, 1.54) is 0 Å². The summed E-state index contributed by atoms with van der Waals surface area (Å²) in [4.78, 5) is 0. The lowest BCUT2D eigenvalue weighted by molar-refractivity contribution is 0.0874. The van der Waals surface area contributed by atoms with Crippen LogP contribution in [0.1, 0.15) is 51.7 Å². The summed E-state index contributed by atoms with van der Waals surface area (Å²) in [6.07, 6.45) is 2.32. The van der Waals surface area contributed by atoms with E-state index in [0.717, 1.165) is 31.5 Å². The molecule has 1 rings (SSSR count). The fourth-order valence-electron chi connectivity index (χ4n) is 2.30. The lowest BCUT2D eigenvalue weighted by atomic mass is 10.1. The molecule has 0 spiro atoms. The van der Waals surface area contributed by atoms with E-state index in [9.17, 15) is 4.39 Å². The Morgan fingerprint density at radius 3 is 2.67 bits per heavy atom. The summed E-state index contributed by atoms with van der Waals surface area (Å²) in [5.41, 5.74) is 1.76. The number of ether oxygens (including phenoxy) is 1. The highest BCUT2D eigenvalue weighted by Crippen LogP contribution is 2.13. The van der Waals surface area contributed by atoms with Crippen LogP contribution in [0.2, 0.25) is 0 Å². The van der Waals surface area contributed by atoms with E-state index in [-0.39, 0.29) is 5.82 Å². The van der Waals surface area contributed by atoms with Crippen molar-refractivity contribution in [1.29, 1.82) is 0 Å². The second-order valence-electron chi connectivity index (χ2n) is 6.36. The van der Waals surface area contributed by atoms with Crippen LogP contribution in [0.15, 0.2) is 18.2 Å². The summed E-state index contributed by atoms with van der Waals surface area (Å²) in [7, 11) is 0. The van der Waals surface area contributed by atoms with Crippen LogP contribution < -0.4 is 5.32 Å². The first-order valence-corrected chi connectivity index (χ1v) is 8.08. The Bertz CT molecular complexity index is 406. The van der Waals surface area contributed by atoms with Crippen LogP contribution in [-0.4, -0.2) is 13.2 Å². The van der Waals surface area contributed by atoms with Crippen molar-refractivity contribution >= 4 is 0 Å². The van der Waals surface area contributed by atoms with Crippen molar-refractivity contribution in [1.82, 2.24) is 5.32 Å². The molecule has 1 aromatic carbocycles. The fraction of sp³-hybridized carbons (Fsp3) is 0.667. The average Bonchev–Trinajstić information content (AvgIpc) is 2.42. The molecule has 1 aromatic rings. The van der Waals surface area contributed by atoms with Crippen LogP contribution in [0.4, 0.5) is 4.39 Å². The number of hydrogen-bond acceptors (Lipinski definition) is 2. The first-order valence-electron chi connectivity index (χ1n) is 8.08. The molecular formula is C18H30FNO. The Kier molecular flexibility index (Phi) is 8.55. The maximum Gasteiger partial charge on any atom is 0.128 e. The van der Waals surface area contributed by atoms with Gasteiger partial charge in [0.2, 0.25) is 0 Å². The van der Waals surface area contributed by atoms with Gasteiger partial charge in [0.15, 0.2) is 0 Å². The Hall–Kier alpha value is -0.930. The molecule has 21 heavy (non-hydrogen) atoms. The Morgan fingerprint density at radius 2 is 2.00 bits per heavy atom. The molecule has 3 heteroatoms. The maximum atomic E-state index is 13.8. The van der Waals surface area contributed by atoms with Crippen LogP contribution in [-0.2, 0) is 17.9 Å². The Balaban J connectivity index is 2.45. The van der Waals surface area contributed by atoms with Gasteiger partial charge < -0.3 is 10.1 Å². The highest BCUT2D eigenvalue weighted by Gasteiger charge is 2.06. The molecule has 1 atom stereocenters. The van der Waals surface area contributed by atoms with Crippen molar-refractivity contribution < 1.29 is 9.13 Å². The van der Waals surface area contributed by atoms with Gasteiger partial charge in [0.25, 0.3) is 0 Å². The monoisotopic (exact) mass is 295 g/mol. The minimum Gasteiger partial charge on any atom is -0.376 e. The molecule has 1 unspecified atom stereocenters. The lowest BCUT2D eigenvalue weighted by Crippen LogP contribution is -2.19. The standard InChI is InChI=1S/C18H30FNO/c1-5-6-15(4)12-21-13-17-9-16(7-8-18(17)19)11-20-10-14(2)3/h7-9,14-15,20H,5-6,10-13H2,1-4H3. The largest absolute Gasteiger partial charge is 0.376 e. The van der Waals surface area contributed by atoms with Gasteiger partial charge in [-0.15, -0.1) is 0 Å². The first-order chi connectivity index (χ1) is 10.0. The van der Waals surface area contributed by atoms with Gasteiger partial charge >= 0.3 is 0 Å². The molecule has 0 fully saturated rings. The second kappa shape index (κ2) is 9.91. The summed E-state index contributed by atoms with van der Waals surface area (Å²) in [6, 6.07) is 5.29. The third kappa shape index (κ3) is 7.58. The van der Waals surface area contributed by atoms with Crippen molar-refractivity contribution in [2.75, 3.05) is 13.2 Å². The van der Waals surface area contributed by atoms with Gasteiger partial charge in [0.1, 0.15) is 5.82 Å². The molecule has 0 aromatic heterocycles. The molecule has 0 saturated heterocycles. The van der Waals surface area contributed by atoms with Crippen molar-refractivity contribution in [3.8, 4) is 0 Å². The van der Waals surface area contributed by atoms with E-state index in [4.69, 9.17) is 4.74 Å². The zero-order valence-electron chi connectivity index (χ0n) is 13.9. The van der Waals surface area contributed by atoms with Crippen LogP contribution >= 0.6 is 0 Å². The van der Waals surface area contributed by atoms with E-state index < -0.39 is 0 Å². The van der Waals surface area contributed by atoms with Crippen LogP contribution in [0.25, 0.3) is 0 Å². The van der Waals surface area contributed by atoms with Crippen molar-refractivity contribution in [2.24, 2.45) is 11.8 Å². The number of nitrogens with one attached hydrogen (secondary N) is 1. The van der Waals surface area contributed by atoms with Gasteiger partial charge in [-0.3, -0.25) is 0 Å². The molecule has 120 valence electrons. The molecule has 0 aliphatic carbocycles. The summed E-state index contributed by atoms with van der Waals surface area (Å²) in [6.45, 7) is 11.5. The smallest absolute Gasteiger partial charge is 0.128 e. The Labute approximate surface area is 129 Å². The topological polar surface area (TPSA) is 21.3 Å². The zero-order chi connectivity index (χ0) is 15.7. The first kappa shape index (κ1) is 18.1. The van der Waals surface area contributed by atoms with Crippen molar-refractivity contribution in [2.45, 2.75) is 53.7 Å². The van der Waals surface area contributed by atoms with Gasteiger partial charge in [-0.2, -0.15) is 0 Å². The predicted molar refractivity (Wildman–Crippen MR) is 86.7 cm³/mol. The van der Waals surface area contributed by atoms with Crippen LogP contribution in [0, 0.1) is 17.7 Å². The van der Waals surface area contributed by atoms with E-state index in [1.54, 1.807) is 6.07 Å². The zero-order valence-corrected chi connectivity index (χ0v) is 13.9. The predicted octanol–water partition coefficient (Wildman–Crippen LogP) is 4.52. The fourth-order valence-corrected chi connectivity index (χ4v) is 2.30. The van der Waals surface area contributed by atoms with Gasteiger partial charge in [0, 0.05) is 18.7 Å². The molecule has 1 N–H and O–H groups in total. The highest BCUT2D eigenvalue weighted by atomic mass is 19.1. The van der Waals surface area contributed by atoms with Gasteiger partial charge in [-0.05, 0) is 42.5 Å². The van der Waals surface area contributed by atoms with Gasteiger partial charge in [-0.25, -0.2) is 4.39 Å². The second-order valence-corrected chi connectivity index (χ2v) is 6.36. The average molecular weight is 295 g/mol. The van der Waals surface area contributed by atoms with Crippen molar-refractivity contribution in [3.63, 3.8) is 0 Å². The number of halogens is 1. The molecule has 0 amide bonds. The SMILES string of the molecule is CCCC(C)COCc1cc(CNCC(C)C)ccc1F. The van der Waals surface area contributed by atoms with Crippen LogP contribution in [0.5, 0.6) is 0 Å². The molecule has 0 aliphatic rings. The summed E-state index contributed by atoms with van der Waals surface area (Å²) >= 11 is 0. The number of benzene rings is 1. The quantitative estimate of drug-likeness (QED) is 0.685. The Morgan fingerprint density at radius 1 is 1.24 bits per heavy atom.